The summed E-state index contributed by atoms with van der Waals surface area (Å²) in [5.74, 6) is 0.342. The molecule has 1 fully saturated rings. The fraction of sp³-hybridized carbons (Fsp3) is 0.917. The summed E-state index contributed by atoms with van der Waals surface area (Å²) in [5, 5.41) is 2.68. The van der Waals surface area contributed by atoms with E-state index in [-0.39, 0.29) is 17.7 Å². The van der Waals surface area contributed by atoms with Crippen molar-refractivity contribution in [2.24, 2.45) is 5.92 Å². The average molecular weight is 228 g/mol. The lowest BCUT2D eigenvalue weighted by atomic mass is 9.79. The number of carbonyl (C=O) groups is 1. The summed E-state index contributed by atoms with van der Waals surface area (Å²) in [5.41, 5.74) is 0.0788. The summed E-state index contributed by atoms with van der Waals surface area (Å²) < 4.78 is 5.45. The molecular formula is C12H24N2O2. The van der Waals surface area contributed by atoms with Crippen LogP contribution in [0.1, 0.15) is 34.1 Å². The highest BCUT2D eigenvalue weighted by Crippen LogP contribution is 2.33. The van der Waals surface area contributed by atoms with Crippen LogP contribution >= 0.6 is 0 Å². The quantitative estimate of drug-likeness (QED) is 0.784. The fourth-order valence-electron chi connectivity index (χ4n) is 2.15. The van der Waals surface area contributed by atoms with Crippen LogP contribution < -0.4 is 5.32 Å². The third-order valence-corrected chi connectivity index (χ3v) is 3.98. The summed E-state index contributed by atoms with van der Waals surface area (Å²) >= 11 is 0. The van der Waals surface area contributed by atoms with Crippen molar-refractivity contribution in [1.29, 1.82) is 0 Å². The molecule has 94 valence electrons. The van der Waals surface area contributed by atoms with Crippen LogP contribution in [0.25, 0.3) is 0 Å². The monoisotopic (exact) mass is 228 g/mol. The van der Waals surface area contributed by atoms with Gasteiger partial charge < -0.3 is 15.0 Å². The molecule has 0 spiro atoms. The van der Waals surface area contributed by atoms with Crippen LogP contribution in [0.4, 0.5) is 4.79 Å². The molecule has 1 saturated heterocycles. The maximum atomic E-state index is 11.4. The normalized spacial score (nSPS) is 29.8. The molecule has 1 aliphatic heterocycles. The Morgan fingerprint density at radius 2 is 2.19 bits per heavy atom. The molecule has 0 bridgehead atoms. The summed E-state index contributed by atoms with van der Waals surface area (Å²) in [7, 11) is 2.12. The van der Waals surface area contributed by atoms with E-state index in [1.807, 2.05) is 6.92 Å². The standard InChI is InChI=1S/C12H24N2O2/c1-6-13-11(15)16-10-7-8-14(5)12(3,4)9(10)2/h9-10H,6-8H2,1-5H3,(H,13,15). The zero-order valence-corrected chi connectivity index (χ0v) is 11.0. The van der Waals surface area contributed by atoms with E-state index in [0.717, 1.165) is 13.0 Å². The van der Waals surface area contributed by atoms with Crippen LogP contribution in [-0.2, 0) is 4.74 Å². The fourth-order valence-corrected chi connectivity index (χ4v) is 2.15. The van der Waals surface area contributed by atoms with Crippen LogP contribution in [0.15, 0.2) is 0 Å². The number of likely N-dealkylation sites (tertiary alicyclic amines) is 1. The van der Waals surface area contributed by atoms with Crippen molar-refractivity contribution in [2.45, 2.75) is 45.8 Å². The number of nitrogens with zero attached hydrogens (tertiary/aromatic N) is 1. The highest BCUT2D eigenvalue weighted by Gasteiger charge is 2.41. The SMILES string of the molecule is CCNC(=O)OC1CCN(C)C(C)(C)C1C. The molecule has 0 aromatic rings. The van der Waals surface area contributed by atoms with Gasteiger partial charge in [0.25, 0.3) is 0 Å². The molecule has 0 radical (unpaired) electrons. The van der Waals surface area contributed by atoms with Crippen molar-refractivity contribution in [3.63, 3.8) is 0 Å². The lowest BCUT2D eigenvalue weighted by Gasteiger charge is -2.48. The third kappa shape index (κ3) is 2.67. The van der Waals surface area contributed by atoms with E-state index >= 15 is 0 Å². The molecule has 1 rings (SSSR count). The Morgan fingerprint density at radius 3 is 2.75 bits per heavy atom. The van der Waals surface area contributed by atoms with Crippen molar-refractivity contribution < 1.29 is 9.53 Å². The Labute approximate surface area is 98.3 Å². The molecule has 4 nitrogen and oxygen atoms in total. The average Bonchev–Trinajstić information content (AvgIpc) is 2.20. The van der Waals surface area contributed by atoms with Gasteiger partial charge in [-0.05, 0) is 34.2 Å². The Kier molecular flexibility index (Phi) is 4.19. The zero-order valence-electron chi connectivity index (χ0n) is 11.0. The summed E-state index contributed by atoms with van der Waals surface area (Å²) in [6, 6.07) is 0. The third-order valence-electron chi connectivity index (χ3n) is 3.98. The van der Waals surface area contributed by atoms with Crippen LogP contribution in [-0.4, -0.2) is 42.8 Å². The van der Waals surface area contributed by atoms with E-state index in [1.165, 1.54) is 0 Å². The van der Waals surface area contributed by atoms with Crippen molar-refractivity contribution in [3.8, 4) is 0 Å². The first kappa shape index (κ1) is 13.3. The van der Waals surface area contributed by atoms with Crippen LogP contribution in [0.2, 0.25) is 0 Å². The molecule has 2 atom stereocenters. The molecule has 1 aliphatic rings. The van der Waals surface area contributed by atoms with Gasteiger partial charge in [0.1, 0.15) is 6.10 Å². The second-order valence-corrected chi connectivity index (χ2v) is 5.13. The van der Waals surface area contributed by atoms with Gasteiger partial charge in [-0.2, -0.15) is 0 Å². The van der Waals surface area contributed by atoms with E-state index in [1.54, 1.807) is 0 Å². The first-order valence-electron chi connectivity index (χ1n) is 6.05. The number of hydrogen-bond acceptors (Lipinski definition) is 3. The predicted octanol–water partition coefficient (Wildman–Crippen LogP) is 1.85. The maximum absolute atomic E-state index is 11.4. The number of hydrogen-bond donors (Lipinski definition) is 1. The summed E-state index contributed by atoms with van der Waals surface area (Å²) in [4.78, 5) is 13.7. The maximum Gasteiger partial charge on any atom is 0.407 e. The number of ether oxygens (including phenoxy) is 1. The van der Waals surface area contributed by atoms with Gasteiger partial charge in [-0.15, -0.1) is 0 Å². The Balaban J connectivity index is 2.59. The van der Waals surface area contributed by atoms with Gasteiger partial charge >= 0.3 is 6.09 Å². The molecule has 0 aromatic carbocycles. The van der Waals surface area contributed by atoms with E-state index < -0.39 is 0 Å². The van der Waals surface area contributed by atoms with E-state index in [2.05, 4.69) is 38.0 Å². The molecule has 0 saturated carbocycles. The van der Waals surface area contributed by atoms with Gasteiger partial charge in [0, 0.05) is 24.5 Å². The van der Waals surface area contributed by atoms with Gasteiger partial charge in [0.2, 0.25) is 0 Å². The topological polar surface area (TPSA) is 41.6 Å². The van der Waals surface area contributed by atoms with Crippen molar-refractivity contribution >= 4 is 6.09 Å². The van der Waals surface area contributed by atoms with E-state index in [9.17, 15) is 4.79 Å². The van der Waals surface area contributed by atoms with Crippen molar-refractivity contribution in [1.82, 2.24) is 10.2 Å². The number of piperidine rings is 1. The lowest BCUT2D eigenvalue weighted by molar-refractivity contribution is -0.0473. The van der Waals surface area contributed by atoms with Crippen molar-refractivity contribution in [2.75, 3.05) is 20.1 Å². The number of rotatable bonds is 2. The molecule has 0 aromatic heterocycles. The highest BCUT2D eigenvalue weighted by atomic mass is 16.6. The highest BCUT2D eigenvalue weighted by molar-refractivity contribution is 5.67. The smallest absolute Gasteiger partial charge is 0.407 e. The van der Waals surface area contributed by atoms with Crippen LogP contribution in [0, 0.1) is 5.92 Å². The van der Waals surface area contributed by atoms with Gasteiger partial charge in [0.15, 0.2) is 0 Å². The first-order chi connectivity index (χ1) is 7.39. The number of amides is 1. The minimum absolute atomic E-state index is 0.0257. The largest absolute Gasteiger partial charge is 0.446 e. The van der Waals surface area contributed by atoms with E-state index in [0.29, 0.717) is 12.5 Å². The Morgan fingerprint density at radius 1 is 1.56 bits per heavy atom. The van der Waals surface area contributed by atoms with Crippen molar-refractivity contribution in [3.05, 3.63) is 0 Å². The zero-order chi connectivity index (χ0) is 12.3. The van der Waals surface area contributed by atoms with E-state index in [4.69, 9.17) is 4.74 Å². The molecular weight excluding hydrogens is 204 g/mol. The summed E-state index contributed by atoms with van der Waals surface area (Å²) in [6.07, 6.45) is 0.649. The van der Waals surface area contributed by atoms with Gasteiger partial charge in [-0.3, -0.25) is 0 Å². The van der Waals surface area contributed by atoms with Crippen LogP contribution in [0.3, 0.4) is 0 Å². The van der Waals surface area contributed by atoms with Gasteiger partial charge in [0.05, 0.1) is 0 Å². The number of carbonyl (C=O) groups excluding carboxylic acids is 1. The summed E-state index contributed by atoms with van der Waals surface area (Å²) in [6.45, 7) is 10.0. The van der Waals surface area contributed by atoms with Crippen LogP contribution in [0.5, 0.6) is 0 Å². The number of alkyl carbamates (subject to hydrolysis) is 1. The second kappa shape index (κ2) is 5.04. The Hall–Kier alpha value is -0.770. The Bertz CT molecular complexity index is 253. The molecule has 0 aliphatic carbocycles. The second-order valence-electron chi connectivity index (χ2n) is 5.13. The predicted molar refractivity (Wildman–Crippen MR) is 64.4 cm³/mol. The molecule has 1 N–H and O–H groups in total. The molecule has 2 unspecified atom stereocenters. The van der Waals surface area contributed by atoms with Gasteiger partial charge in [-0.25, -0.2) is 4.79 Å². The molecule has 1 amide bonds. The molecule has 1 heterocycles. The first-order valence-corrected chi connectivity index (χ1v) is 6.05. The minimum atomic E-state index is -0.292. The molecule has 16 heavy (non-hydrogen) atoms. The minimum Gasteiger partial charge on any atom is -0.446 e. The lowest BCUT2D eigenvalue weighted by Crippen LogP contribution is -2.56. The van der Waals surface area contributed by atoms with Gasteiger partial charge in [-0.1, -0.05) is 6.92 Å². The number of nitrogens with one attached hydrogen (secondary N) is 1. The molecule has 4 heteroatoms.